The Morgan fingerprint density at radius 2 is 2.20 bits per heavy atom. The molecule has 1 atom stereocenters. The van der Waals surface area contributed by atoms with Crippen molar-refractivity contribution in [2.24, 2.45) is 10.9 Å². The molecule has 1 saturated carbocycles. The lowest BCUT2D eigenvalue weighted by molar-refractivity contribution is 0.324. The zero-order valence-electron chi connectivity index (χ0n) is 15.5. The number of benzene rings is 1. The average molecular weight is 363 g/mol. The van der Waals surface area contributed by atoms with Crippen LogP contribution in [0, 0.1) is 5.92 Å². The van der Waals surface area contributed by atoms with E-state index in [4.69, 9.17) is 11.6 Å². The maximum atomic E-state index is 6.16. The molecule has 25 heavy (non-hydrogen) atoms. The Morgan fingerprint density at radius 1 is 1.36 bits per heavy atom. The molecule has 0 amide bonds. The average Bonchev–Trinajstić information content (AvgIpc) is 3.28. The van der Waals surface area contributed by atoms with Crippen LogP contribution in [0.4, 0.5) is 0 Å². The molecular weight excluding hydrogens is 332 g/mol. The maximum absolute atomic E-state index is 6.16. The lowest BCUT2D eigenvalue weighted by Crippen LogP contribution is -2.43. The van der Waals surface area contributed by atoms with Crippen LogP contribution in [-0.2, 0) is 5.41 Å². The predicted octanol–water partition coefficient (Wildman–Crippen LogP) is 3.27. The highest BCUT2D eigenvalue weighted by atomic mass is 35.5. The third kappa shape index (κ3) is 4.89. The van der Waals surface area contributed by atoms with Crippen LogP contribution >= 0.6 is 11.6 Å². The van der Waals surface area contributed by atoms with Crippen molar-refractivity contribution in [1.82, 2.24) is 15.5 Å². The van der Waals surface area contributed by atoms with Gasteiger partial charge in [-0.15, -0.1) is 0 Å². The fraction of sp³-hybridized carbons (Fsp3) is 0.650. The number of nitrogens with one attached hydrogen (secondary N) is 2. The van der Waals surface area contributed by atoms with Crippen molar-refractivity contribution in [2.45, 2.75) is 38.0 Å². The molecule has 1 aromatic rings. The van der Waals surface area contributed by atoms with Crippen molar-refractivity contribution in [3.05, 3.63) is 34.9 Å². The molecular formula is C20H31ClN4. The molecule has 138 valence electrons. The second-order valence-corrected chi connectivity index (χ2v) is 7.99. The highest BCUT2D eigenvalue weighted by Crippen LogP contribution is 2.48. The summed E-state index contributed by atoms with van der Waals surface area (Å²) in [4.78, 5) is 6.97. The fourth-order valence-corrected chi connectivity index (χ4v) is 4.04. The second kappa shape index (κ2) is 8.41. The number of likely N-dealkylation sites (tertiary alicyclic amines) is 1. The van der Waals surface area contributed by atoms with Crippen molar-refractivity contribution in [1.29, 1.82) is 0 Å². The van der Waals surface area contributed by atoms with Crippen LogP contribution < -0.4 is 10.6 Å². The van der Waals surface area contributed by atoms with Gasteiger partial charge in [0.1, 0.15) is 0 Å². The van der Waals surface area contributed by atoms with E-state index in [1.54, 1.807) is 0 Å². The van der Waals surface area contributed by atoms with Gasteiger partial charge in [0.2, 0.25) is 0 Å². The summed E-state index contributed by atoms with van der Waals surface area (Å²) in [6.07, 6.45) is 4.96. The van der Waals surface area contributed by atoms with Gasteiger partial charge >= 0.3 is 0 Å². The van der Waals surface area contributed by atoms with Crippen molar-refractivity contribution in [3.63, 3.8) is 0 Å². The van der Waals surface area contributed by atoms with Crippen LogP contribution in [0.5, 0.6) is 0 Å². The van der Waals surface area contributed by atoms with E-state index in [-0.39, 0.29) is 5.41 Å². The Bertz CT molecular complexity index is 597. The molecule has 0 bridgehead atoms. The highest BCUT2D eigenvalue weighted by molar-refractivity contribution is 6.30. The van der Waals surface area contributed by atoms with Gasteiger partial charge in [0.05, 0.1) is 0 Å². The number of guanidine groups is 1. The van der Waals surface area contributed by atoms with Gasteiger partial charge in [-0.05, 0) is 62.4 Å². The zero-order chi connectivity index (χ0) is 17.7. The van der Waals surface area contributed by atoms with Crippen molar-refractivity contribution >= 4 is 17.6 Å². The van der Waals surface area contributed by atoms with Gasteiger partial charge in [0.25, 0.3) is 0 Å². The normalized spacial score (nSPS) is 22.8. The highest BCUT2D eigenvalue weighted by Gasteiger charge is 2.44. The summed E-state index contributed by atoms with van der Waals surface area (Å²) >= 11 is 6.16. The first-order chi connectivity index (χ1) is 12.1. The lowest BCUT2D eigenvalue weighted by atomic mass is 9.96. The van der Waals surface area contributed by atoms with Crippen LogP contribution in [0.15, 0.2) is 29.3 Å². The summed E-state index contributed by atoms with van der Waals surface area (Å²) in [6.45, 7) is 7.86. The quantitative estimate of drug-likeness (QED) is 0.577. The van der Waals surface area contributed by atoms with Crippen molar-refractivity contribution in [2.75, 3.05) is 39.8 Å². The topological polar surface area (TPSA) is 39.7 Å². The smallest absolute Gasteiger partial charge is 0.191 e. The molecule has 1 heterocycles. The first-order valence-corrected chi connectivity index (χ1v) is 9.96. The standard InChI is InChI=1S/C20H31ClN4/c1-3-10-25-11-7-16(14-25)13-23-19(22-2)24-15-20(8-9-20)17-5-4-6-18(21)12-17/h4-6,12,16H,3,7-11,13-15H2,1-2H3,(H2,22,23,24). The Balaban J connectivity index is 1.46. The monoisotopic (exact) mass is 362 g/mol. The van der Waals surface area contributed by atoms with Crippen LogP contribution in [0.1, 0.15) is 38.2 Å². The molecule has 1 aliphatic heterocycles. The summed E-state index contributed by atoms with van der Waals surface area (Å²) in [5.41, 5.74) is 1.57. The fourth-order valence-electron chi connectivity index (χ4n) is 3.85. The van der Waals surface area contributed by atoms with Crippen LogP contribution in [0.3, 0.4) is 0 Å². The van der Waals surface area contributed by atoms with E-state index < -0.39 is 0 Å². The largest absolute Gasteiger partial charge is 0.356 e. The Kier molecular flexibility index (Phi) is 6.24. The number of aliphatic imine (C=N–C) groups is 1. The molecule has 1 aromatic carbocycles. The molecule has 1 saturated heterocycles. The molecule has 2 fully saturated rings. The van der Waals surface area contributed by atoms with Gasteiger partial charge in [-0.3, -0.25) is 4.99 Å². The summed E-state index contributed by atoms with van der Waals surface area (Å²) in [5.74, 6) is 1.65. The Hall–Kier alpha value is -1.26. The minimum atomic E-state index is 0.230. The molecule has 2 aliphatic rings. The summed E-state index contributed by atoms with van der Waals surface area (Å²) in [5, 5.41) is 7.88. The number of hydrogen-bond acceptors (Lipinski definition) is 2. The van der Waals surface area contributed by atoms with Crippen molar-refractivity contribution in [3.8, 4) is 0 Å². The minimum absolute atomic E-state index is 0.230. The van der Waals surface area contributed by atoms with Crippen molar-refractivity contribution < 1.29 is 0 Å². The van der Waals surface area contributed by atoms with E-state index in [0.29, 0.717) is 0 Å². The van der Waals surface area contributed by atoms with Crippen LogP contribution in [0.25, 0.3) is 0 Å². The van der Waals surface area contributed by atoms with Gasteiger partial charge < -0.3 is 15.5 Å². The lowest BCUT2D eigenvalue weighted by Gasteiger charge is -2.20. The van der Waals surface area contributed by atoms with E-state index in [9.17, 15) is 0 Å². The third-order valence-electron chi connectivity index (χ3n) is 5.58. The van der Waals surface area contributed by atoms with Gasteiger partial charge in [0.15, 0.2) is 5.96 Å². The van der Waals surface area contributed by atoms with Gasteiger partial charge in [-0.1, -0.05) is 30.7 Å². The van der Waals surface area contributed by atoms with Crippen LogP contribution in [0.2, 0.25) is 5.02 Å². The summed E-state index contributed by atoms with van der Waals surface area (Å²) < 4.78 is 0. The van der Waals surface area contributed by atoms with Gasteiger partial charge in [-0.25, -0.2) is 0 Å². The number of nitrogens with zero attached hydrogens (tertiary/aromatic N) is 2. The van der Waals surface area contributed by atoms with Gasteiger partial charge in [-0.2, -0.15) is 0 Å². The van der Waals surface area contributed by atoms with E-state index in [2.05, 4.69) is 39.6 Å². The number of hydrogen-bond donors (Lipinski definition) is 2. The molecule has 0 radical (unpaired) electrons. The predicted molar refractivity (Wildman–Crippen MR) is 107 cm³/mol. The number of rotatable bonds is 7. The molecule has 3 rings (SSSR count). The molecule has 1 unspecified atom stereocenters. The number of halogens is 1. The molecule has 0 aromatic heterocycles. The zero-order valence-corrected chi connectivity index (χ0v) is 16.3. The van der Waals surface area contributed by atoms with E-state index >= 15 is 0 Å². The first kappa shape index (κ1) is 18.5. The SMILES string of the molecule is CCCN1CCC(CNC(=NC)NCC2(c3cccc(Cl)c3)CC2)C1. The third-order valence-corrected chi connectivity index (χ3v) is 5.81. The minimum Gasteiger partial charge on any atom is -0.356 e. The van der Waals surface area contributed by atoms with E-state index in [1.807, 2.05) is 19.2 Å². The Morgan fingerprint density at radius 3 is 2.88 bits per heavy atom. The van der Waals surface area contributed by atoms with E-state index in [1.165, 1.54) is 50.9 Å². The summed E-state index contributed by atoms with van der Waals surface area (Å²) in [6, 6.07) is 8.29. The molecule has 2 N–H and O–H groups in total. The van der Waals surface area contributed by atoms with E-state index in [0.717, 1.165) is 30.0 Å². The molecule has 5 heteroatoms. The molecule has 1 aliphatic carbocycles. The first-order valence-electron chi connectivity index (χ1n) is 9.58. The Labute approximate surface area is 157 Å². The van der Waals surface area contributed by atoms with Gasteiger partial charge in [0, 0.05) is 37.1 Å². The maximum Gasteiger partial charge on any atom is 0.191 e. The molecule has 0 spiro atoms. The van der Waals surface area contributed by atoms with Crippen LogP contribution in [-0.4, -0.2) is 50.6 Å². The second-order valence-electron chi connectivity index (χ2n) is 7.55. The molecule has 4 nitrogen and oxygen atoms in total. The summed E-state index contributed by atoms with van der Waals surface area (Å²) in [7, 11) is 1.85.